The van der Waals surface area contributed by atoms with Crippen LogP contribution in [0.15, 0.2) is 82.4 Å². The summed E-state index contributed by atoms with van der Waals surface area (Å²) in [7, 11) is 1.56. The molecule has 1 N–H and O–H groups in total. The second-order valence-electron chi connectivity index (χ2n) is 5.87. The summed E-state index contributed by atoms with van der Waals surface area (Å²) in [6.45, 7) is 0. The van der Waals surface area contributed by atoms with Crippen LogP contribution in [-0.4, -0.2) is 25.2 Å². The van der Waals surface area contributed by atoms with Crippen LogP contribution < -0.4 is 14.9 Å². The summed E-state index contributed by atoms with van der Waals surface area (Å²) in [6, 6.07) is 20.5. The molecule has 3 aromatic carbocycles. The van der Waals surface area contributed by atoms with Crippen LogP contribution in [0.3, 0.4) is 0 Å². The monoisotopic (exact) mass is 452 g/mol. The summed E-state index contributed by atoms with van der Waals surface area (Å²) < 4.78 is 11.1. The van der Waals surface area contributed by atoms with Gasteiger partial charge in [-0.1, -0.05) is 24.3 Å². The average molecular weight is 453 g/mol. The Morgan fingerprint density at radius 3 is 2.45 bits per heavy atom. The zero-order chi connectivity index (χ0) is 20.6. The Kier molecular flexibility index (Phi) is 6.76. The van der Waals surface area contributed by atoms with Crippen molar-refractivity contribution in [2.75, 3.05) is 7.11 Å². The van der Waals surface area contributed by atoms with Gasteiger partial charge in [-0.05, 0) is 70.0 Å². The minimum Gasteiger partial charge on any atom is -0.497 e. The van der Waals surface area contributed by atoms with E-state index in [2.05, 4.69) is 26.5 Å². The summed E-state index contributed by atoms with van der Waals surface area (Å²) in [6.07, 6.45) is 1.47. The first-order valence-corrected chi connectivity index (χ1v) is 9.40. The fourth-order valence-corrected chi connectivity index (χ4v) is 2.89. The molecule has 0 aliphatic rings. The molecule has 7 heteroatoms. The fourth-order valence-electron chi connectivity index (χ4n) is 2.42. The number of nitrogens with zero attached hydrogens (tertiary/aromatic N) is 1. The van der Waals surface area contributed by atoms with Gasteiger partial charge >= 0.3 is 5.97 Å². The van der Waals surface area contributed by atoms with Gasteiger partial charge in [-0.2, -0.15) is 5.10 Å². The van der Waals surface area contributed by atoms with Crippen molar-refractivity contribution in [1.29, 1.82) is 0 Å². The van der Waals surface area contributed by atoms with Gasteiger partial charge in [0.2, 0.25) is 0 Å². The highest BCUT2D eigenvalue weighted by Crippen LogP contribution is 2.17. The maximum atomic E-state index is 12.3. The molecule has 0 saturated heterocycles. The number of carbonyl (C=O) groups excluding carboxylic acids is 2. The average Bonchev–Trinajstić information content (AvgIpc) is 2.74. The van der Waals surface area contributed by atoms with Crippen molar-refractivity contribution in [2.45, 2.75) is 0 Å². The standard InChI is InChI=1S/C22H17BrN2O4/c1-28-17-11-9-16(10-12-17)22(27)29-18-6-4-5-15(13-18)14-24-25-21(26)19-7-2-3-8-20(19)23/h2-14H,1H3,(H,25,26). The maximum Gasteiger partial charge on any atom is 0.343 e. The Morgan fingerprint density at radius 1 is 0.966 bits per heavy atom. The van der Waals surface area contributed by atoms with E-state index in [4.69, 9.17) is 9.47 Å². The largest absolute Gasteiger partial charge is 0.497 e. The van der Waals surface area contributed by atoms with Crippen molar-refractivity contribution in [3.8, 4) is 11.5 Å². The van der Waals surface area contributed by atoms with Crippen molar-refractivity contribution in [3.05, 3.63) is 94.0 Å². The third-order valence-corrected chi connectivity index (χ3v) is 4.58. The van der Waals surface area contributed by atoms with E-state index in [-0.39, 0.29) is 5.91 Å². The Hall–Kier alpha value is -3.45. The number of hydrogen-bond donors (Lipinski definition) is 1. The van der Waals surface area contributed by atoms with E-state index >= 15 is 0 Å². The van der Waals surface area contributed by atoms with E-state index in [0.29, 0.717) is 32.7 Å². The predicted octanol–water partition coefficient (Wildman–Crippen LogP) is 4.44. The number of benzene rings is 3. The predicted molar refractivity (Wildman–Crippen MR) is 114 cm³/mol. The van der Waals surface area contributed by atoms with Crippen molar-refractivity contribution in [2.24, 2.45) is 5.10 Å². The van der Waals surface area contributed by atoms with Gasteiger partial charge in [-0.25, -0.2) is 10.2 Å². The molecule has 6 nitrogen and oxygen atoms in total. The maximum absolute atomic E-state index is 12.3. The summed E-state index contributed by atoms with van der Waals surface area (Å²) >= 11 is 3.33. The Bertz CT molecular complexity index is 1050. The number of methoxy groups -OCH3 is 1. The highest BCUT2D eigenvalue weighted by atomic mass is 79.9. The molecule has 0 saturated carbocycles. The number of ether oxygens (including phenoxy) is 2. The molecular weight excluding hydrogens is 436 g/mol. The normalized spacial score (nSPS) is 10.6. The zero-order valence-corrected chi connectivity index (χ0v) is 17.0. The SMILES string of the molecule is COc1ccc(C(=O)Oc2cccc(C=NNC(=O)c3ccccc3Br)c2)cc1. The molecule has 0 atom stereocenters. The van der Waals surface area contributed by atoms with Gasteiger partial charge in [-0.15, -0.1) is 0 Å². The van der Waals surface area contributed by atoms with E-state index in [9.17, 15) is 9.59 Å². The first kappa shape index (κ1) is 20.3. The number of esters is 1. The molecule has 0 heterocycles. The second kappa shape index (κ2) is 9.66. The molecule has 0 radical (unpaired) electrons. The van der Waals surface area contributed by atoms with Gasteiger partial charge in [-0.3, -0.25) is 4.79 Å². The van der Waals surface area contributed by atoms with Crippen molar-refractivity contribution in [3.63, 3.8) is 0 Å². The third kappa shape index (κ3) is 5.52. The molecule has 0 spiro atoms. The van der Waals surface area contributed by atoms with Crippen LogP contribution in [-0.2, 0) is 0 Å². The lowest BCUT2D eigenvalue weighted by Crippen LogP contribution is -2.18. The first-order valence-electron chi connectivity index (χ1n) is 8.61. The summed E-state index contributed by atoms with van der Waals surface area (Å²) in [5, 5.41) is 3.96. The second-order valence-corrected chi connectivity index (χ2v) is 6.72. The van der Waals surface area contributed by atoms with E-state index in [0.717, 1.165) is 0 Å². The number of hydrazone groups is 1. The van der Waals surface area contributed by atoms with Gasteiger partial charge in [0.15, 0.2) is 0 Å². The zero-order valence-electron chi connectivity index (χ0n) is 15.5. The van der Waals surface area contributed by atoms with Crippen LogP contribution in [0.1, 0.15) is 26.3 Å². The number of rotatable bonds is 6. The molecule has 1 amide bonds. The van der Waals surface area contributed by atoms with E-state index in [1.54, 1.807) is 73.8 Å². The Labute approximate surface area is 176 Å². The molecule has 3 aromatic rings. The lowest BCUT2D eigenvalue weighted by Gasteiger charge is -2.06. The summed E-state index contributed by atoms with van der Waals surface area (Å²) in [4.78, 5) is 24.4. The van der Waals surface area contributed by atoms with E-state index in [1.165, 1.54) is 6.21 Å². The molecular formula is C22H17BrN2O4. The topological polar surface area (TPSA) is 77.0 Å². The smallest absolute Gasteiger partial charge is 0.343 e. The van der Waals surface area contributed by atoms with Crippen LogP contribution in [0.25, 0.3) is 0 Å². The van der Waals surface area contributed by atoms with E-state index < -0.39 is 5.97 Å². The van der Waals surface area contributed by atoms with Crippen LogP contribution in [0.5, 0.6) is 11.5 Å². The molecule has 29 heavy (non-hydrogen) atoms. The number of hydrogen-bond acceptors (Lipinski definition) is 5. The molecule has 146 valence electrons. The minimum atomic E-state index is -0.482. The van der Waals surface area contributed by atoms with Crippen molar-refractivity contribution in [1.82, 2.24) is 5.43 Å². The molecule has 0 aromatic heterocycles. The van der Waals surface area contributed by atoms with Crippen molar-refractivity contribution >= 4 is 34.0 Å². The number of nitrogens with one attached hydrogen (secondary N) is 1. The molecule has 0 aliphatic heterocycles. The van der Waals surface area contributed by atoms with Gasteiger partial charge < -0.3 is 9.47 Å². The number of halogens is 1. The Morgan fingerprint density at radius 2 is 1.72 bits per heavy atom. The van der Waals surface area contributed by atoms with Gasteiger partial charge in [0.25, 0.3) is 5.91 Å². The molecule has 0 unspecified atom stereocenters. The molecule has 3 rings (SSSR count). The fraction of sp³-hybridized carbons (Fsp3) is 0.0455. The van der Waals surface area contributed by atoms with Gasteiger partial charge in [0, 0.05) is 4.47 Å². The highest BCUT2D eigenvalue weighted by Gasteiger charge is 2.09. The van der Waals surface area contributed by atoms with E-state index in [1.807, 2.05) is 6.07 Å². The summed E-state index contributed by atoms with van der Waals surface area (Å²) in [5.41, 5.74) is 4.02. The van der Waals surface area contributed by atoms with Crippen LogP contribution in [0, 0.1) is 0 Å². The quantitative estimate of drug-likeness (QED) is 0.259. The lowest BCUT2D eigenvalue weighted by molar-refractivity contribution is 0.0734. The highest BCUT2D eigenvalue weighted by molar-refractivity contribution is 9.10. The molecule has 0 aliphatic carbocycles. The van der Waals surface area contributed by atoms with Gasteiger partial charge in [0.1, 0.15) is 11.5 Å². The van der Waals surface area contributed by atoms with Crippen LogP contribution in [0.2, 0.25) is 0 Å². The van der Waals surface area contributed by atoms with Crippen LogP contribution >= 0.6 is 15.9 Å². The van der Waals surface area contributed by atoms with Crippen molar-refractivity contribution < 1.29 is 19.1 Å². The first-order chi connectivity index (χ1) is 14.1. The minimum absolute atomic E-state index is 0.337. The molecule has 0 fully saturated rings. The molecule has 0 bridgehead atoms. The summed E-state index contributed by atoms with van der Waals surface area (Å²) in [5.74, 6) is 0.205. The number of carbonyl (C=O) groups is 2. The number of amides is 1. The Balaban J connectivity index is 1.63. The lowest BCUT2D eigenvalue weighted by atomic mass is 10.2. The van der Waals surface area contributed by atoms with Crippen LogP contribution in [0.4, 0.5) is 0 Å². The van der Waals surface area contributed by atoms with Gasteiger partial charge in [0.05, 0.1) is 24.5 Å². The third-order valence-electron chi connectivity index (χ3n) is 3.89.